The number of nitrogens with one attached hydrogen (secondary N) is 1. The van der Waals surface area contributed by atoms with E-state index in [1.165, 1.54) is 12.1 Å². The highest BCUT2D eigenvalue weighted by atomic mass is 19.4. The third kappa shape index (κ3) is 2.18. The second-order valence-electron chi connectivity index (χ2n) is 4.27. The molecule has 0 unspecified atom stereocenters. The normalized spacial score (nSPS) is 11.9. The molecule has 0 atom stereocenters. The topological polar surface area (TPSA) is 67.6 Å². The fourth-order valence-electron chi connectivity index (χ4n) is 1.86. The molecule has 7 heteroatoms. The molecule has 0 spiro atoms. The SMILES string of the molecule is Nc1ccc2[nH]c(-c3ccc(C(F)(F)F)cc3)nc2n1. The number of nitrogen functional groups attached to an aromatic ring is 1. The largest absolute Gasteiger partial charge is 0.416 e. The summed E-state index contributed by atoms with van der Waals surface area (Å²) in [6.07, 6.45) is -4.34. The number of halogens is 3. The zero-order valence-corrected chi connectivity index (χ0v) is 10.1. The maximum absolute atomic E-state index is 12.5. The molecule has 20 heavy (non-hydrogen) atoms. The van der Waals surface area contributed by atoms with Crippen molar-refractivity contribution in [3.8, 4) is 11.4 Å². The van der Waals surface area contributed by atoms with E-state index in [4.69, 9.17) is 5.73 Å². The van der Waals surface area contributed by atoms with E-state index in [1.54, 1.807) is 12.1 Å². The van der Waals surface area contributed by atoms with E-state index in [0.29, 0.717) is 28.4 Å². The molecule has 0 aliphatic rings. The van der Waals surface area contributed by atoms with Crippen molar-refractivity contribution in [2.75, 3.05) is 5.73 Å². The van der Waals surface area contributed by atoms with Crippen LogP contribution in [0.3, 0.4) is 0 Å². The third-order valence-corrected chi connectivity index (χ3v) is 2.85. The fourth-order valence-corrected chi connectivity index (χ4v) is 1.86. The highest BCUT2D eigenvalue weighted by Crippen LogP contribution is 2.30. The molecule has 0 saturated carbocycles. The molecule has 3 aromatic rings. The van der Waals surface area contributed by atoms with Crippen LogP contribution in [0.25, 0.3) is 22.6 Å². The molecule has 3 rings (SSSR count). The molecule has 0 bridgehead atoms. The van der Waals surface area contributed by atoms with Gasteiger partial charge in [0, 0.05) is 5.56 Å². The number of rotatable bonds is 1. The molecule has 102 valence electrons. The number of hydrogen-bond acceptors (Lipinski definition) is 3. The van der Waals surface area contributed by atoms with E-state index in [1.807, 2.05) is 0 Å². The molecule has 0 saturated heterocycles. The lowest BCUT2D eigenvalue weighted by Gasteiger charge is -2.06. The van der Waals surface area contributed by atoms with Crippen molar-refractivity contribution in [3.05, 3.63) is 42.0 Å². The quantitative estimate of drug-likeness (QED) is 0.718. The van der Waals surface area contributed by atoms with Crippen molar-refractivity contribution in [2.24, 2.45) is 0 Å². The van der Waals surface area contributed by atoms with Gasteiger partial charge in [-0.3, -0.25) is 0 Å². The minimum absolute atomic E-state index is 0.336. The van der Waals surface area contributed by atoms with E-state index in [-0.39, 0.29) is 0 Å². The predicted octanol–water partition coefficient (Wildman–Crippen LogP) is 3.23. The maximum Gasteiger partial charge on any atom is 0.416 e. The first-order valence-electron chi connectivity index (χ1n) is 5.73. The molecule has 2 aromatic heterocycles. The zero-order valence-electron chi connectivity index (χ0n) is 10.1. The number of aromatic nitrogens is 3. The number of imidazole rings is 1. The number of alkyl halides is 3. The Hall–Kier alpha value is -2.57. The van der Waals surface area contributed by atoms with Gasteiger partial charge in [0.1, 0.15) is 11.6 Å². The summed E-state index contributed by atoms with van der Waals surface area (Å²) in [7, 11) is 0. The lowest BCUT2D eigenvalue weighted by atomic mass is 10.1. The Balaban J connectivity index is 2.02. The molecule has 1 aromatic carbocycles. The van der Waals surface area contributed by atoms with E-state index in [0.717, 1.165) is 12.1 Å². The van der Waals surface area contributed by atoms with E-state index >= 15 is 0 Å². The number of nitrogens with two attached hydrogens (primary N) is 1. The Kier molecular flexibility index (Phi) is 2.63. The number of aromatic amines is 1. The molecule has 0 fully saturated rings. The van der Waals surface area contributed by atoms with Gasteiger partial charge in [-0.05, 0) is 24.3 Å². The lowest BCUT2D eigenvalue weighted by Crippen LogP contribution is -2.04. The van der Waals surface area contributed by atoms with Crippen LogP contribution in [0, 0.1) is 0 Å². The van der Waals surface area contributed by atoms with Gasteiger partial charge in [-0.1, -0.05) is 12.1 Å². The van der Waals surface area contributed by atoms with Crippen molar-refractivity contribution in [2.45, 2.75) is 6.18 Å². The van der Waals surface area contributed by atoms with Gasteiger partial charge in [0.15, 0.2) is 5.65 Å². The first-order valence-corrected chi connectivity index (χ1v) is 5.73. The third-order valence-electron chi connectivity index (χ3n) is 2.85. The summed E-state index contributed by atoms with van der Waals surface area (Å²) in [6, 6.07) is 8.11. The summed E-state index contributed by atoms with van der Waals surface area (Å²) in [4.78, 5) is 11.2. The average Bonchev–Trinajstić information content (AvgIpc) is 2.80. The van der Waals surface area contributed by atoms with Gasteiger partial charge >= 0.3 is 6.18 Å². The number of H-pyrrole nitrogens is 1. The van der Waals surface area contributed by atoms with Gasteiger partial charge in [0.25, 0.3) is 0 Å². The molecule has 3 N–H and O–H groups in total. The Morgan fingerprint density at radius 1 is 0.950 bits per heavy atom. The molecule has 0 radical (unpaired) electrons. The second-order valence-corrected chi connectivity index (χ2v) is 4.27. The van der Waals surface area contributed by atoms with Crippen LogP contribution in [-0.4, -0.2) is 15.0 Å². The number of nitrogens with zero attached hydrogens (tertiary/aromatic N) is 2. The molecular weight excluding hydrogens is 269 g/mol. The molecule has 0 aliphatic heterocycles. The number of fused-ring (bicyclic) bond motifs is 1. The Morgan fingerprint density at radius 2 is 1.65 bits per heavy atom. The fraction of sp³-hybridized carbons (Fsp3) is 0.0769. The summed E-state index contributed by atoms with van der Waals surface area (Å²) in [5, 5.41) is 0. The number of pyridine rings is 1. The summed E-state index contributed by atoms with van der Waals surface area (Å²) in [5.41, 5.74) is 6.51. The van der Waals surface area contributed by atoms with Gasteiger partial charge in [-0.15, -0.1) is 0 Å². The minimum atomic E-state index is -4.34. The number of hydrogen-bond donors (Lipinski definition) is 2. The predicted molar refractivity (Wildman–Crippen MR) is 68.7 cm³/mol. The van der Waals surface area contributed by atoms with E-state index < -0.39 is 11.7 Å². The molecule has 0 aliphatic carbocycles. The van der Waals surface area contributed by atoms with Crippen LogP contribution in [0.4, 0.5) is 19.0 Å². The minimum Gasteiger partial charge on any atom is -0.384 e. The summed E-state index contributed by atoms with van der Waals surface area (Å²) >= 11 is 0. The monoisotopic (exact) mass is 278 g/mol. The number of anilines is 1. The van der Waals surface area contributed by atoms with Crippen LogP contribution in [0.1, 0.15) is 5.56 Å². The van der Waals surface area contributed by atoms with Crippen molar-refractivity contribution in [1.29, 1.82) is 0 Å². The summed E-state index contributed by atoms with van der Waals surface area (Å²) < 4.78 is 37.5. The zero-order chi connectivity index (χ0) is 14.3. The maximum atomic E-state index is 12.5. The highest BCUT2D eigenvalue weighted by molar-refractivity contribution is 5.77. The highest BCUT2D eigenvalue weighted by Gasteiger charge is 2.30. The van der Waals surface area contributed by atoms with Crippen molar-refractivity contribution in [1.82, 2.24) is 15.0 Å². The van der Waals surface area contributed by atoms with Crippen LogP contribution in [0.2, 0.25) is 0 Å². The Labute approximate surface area is 111 Å². The Morgan fingerprint density at radius 3 is 2.30 bits per heavy atom. The lowest BCUT2D eigenvalue weighted by molar-refractivity contribution is -0.137. The van der Waals surface area contributed by atoms with Crippen molar-refractivity contribution >= 4 is 17.0 Å². The second kappa shape index (κ2) is 4.22. The molecule has 0 amide bonds. The summed E-state index contributed by atoms with van der Waals surface area (Å²) in [6.45, 7) is 0. The smallest absolute Gasteiger partial charge is 0.384 e. The van der Waals surface area contributed by atoms with Crippen LogP contribution in [-0.2, 0) is 6.18 Å². The van der Waals surface area contributed by atoms with Crippen LogP contribution < -0.4 is 5.73 Å². The van der Waals surface area contributed by atoms with Crippen molar-refractivity contribution < 1.29 is 13.2 Å². The Bertz CT molecular complexity index is 759. The van der Waals surface area contributed by atoms with E-state index in [9.17, 15) is 13.2 Å². The average molecular weight is 278 g/mol. The molecule has 2 heterocycles. The summed E-state index contributed by atoms with van der Waals surface area (Å²) in [5.74, 6) is 0.787. The van der Waals surface area contributed by atoms with Gasteiger partial charge in [0.2, 0.25) is 0 Å². The first-order chi connectivity index (χ1) is 9.43. The molecular formula is C13H9F3N4. The van der Waals surface area contributed by atoms with Gasteiger partial charge in [-0.2, -0.15) is 13.2 Å². The standard InChI is InChI=1S/C13H9F3N4/c14-13(15,16)8-3-1-7(2-4-8)11-18-9-5-6-10(17)19-12(9)20-11/h1-6H,(H3,17,18,19,20). The van der Waals surface area contributed by atoms with E-state index in [2.05, 4.69) is 15.0 Å². The molecule has 4 nitrogen and oxygen atoms in total. The van der Waals surface area contributed by atoms with Crippen LogP contribution in [0.15, 0.2) is 36.4 Å². The van der Waals surface area contributed by atoms with Gasteiger partial charge in [-0.25, -0.2) is 9.97 Å². The number of benzene rings is 1. The van der Waals surface area contributed by atoms with Gasteiger partial charge < -0.3 is 10.7 Å². The first kappa shape index (κ1) is 12.5. The van der Waals surface area contributed by atoms with Crippen LogP contribution in [0.5, 0.6) is 0 Å². The van der Waals surface area contributed by atoms with Crippen LogP contribution >= 0.6 is 0 Å². The van der Waals surface area contributed by atoms with Crippen molar-refractivity contribution in [3.63, 3.8) is 0 Å². The van der Waals surface area contributed by atoms with Gasteiger partial charge in [0.05, 0.1) is 11.1 Å².